The molecule has 0 fully saturated rings. The minimum atomic E-state index is -0.598. The molecule has 1 aliphatic rings. The van der Waals surface area contributed by atoms with Crippen LogP contribution < -0.4 is 10.1 Å². The lowest BCUT2D eigenvalue weighted by Gasteiger charge is -2.16. The molecule has 0 aliphatic carbocycles. The summed E-state index contributed by atoms with van der Waals surface area (Å²) in [6.07, 6.45) is 2.65. The van der Waals surface area contributed by atoms with Gasteiger partial charge in [-0.3, -0.25) is 19.3 Å². The van der Waals surface area contributed by atoms with Crippen molar-refractivity contribution in [2.75, 3.05) is 12.4 Å². The molecule has 9 nitrogen and oxygen atoms in total. The van der Waals surface area contributed by atoms with Gasteiger partial charge in [-0.25, -0.2) is 14.1 Å². The zero-order valence-corrected chi connectivity index (χ0v) is 18.4. The molecule has 0 radical (unpaired) electrons. The van der Waals surface area contributed by atoms with Crippen LogP contribution in [0, 0.1) is 5.82 Å². The van der Waals surface area contributed by atoms with Crippen molar-refractivity contribution in [3.05, 3.63) is 101 Å². The highest BCUT2D eigenvalue weighted by Gasteiger charge is 2.35. The van der Waals surface area contributed by atoms with Crippen LogP contribution in [0.15, 0.2) is 73.3 Å². The van der Waals surface area contributed by atoms with Crippen LogP contribution in [0.2, 0.25) is 0 Å². The van der Waals surface area contributed by atoms with E-state index < -0.39 is 23.5 Å². The molecule has 3 amide bonds. The number of ether oxygens (including phenoxy) is 1. The second-order valence-electron chi connectivity index (χ2n) is 7.74. The second-order valence-corrected chi connectivity index (χ2v) is 7.74. The largest absolute Gasteiger partial charge is 0.496 e. The van der Waals surface area contributed by atoms with Gasteiger partial charge in [-0.1, -0.05) is 18.2 Å². The second kappa shape index (κ2) is 8.82. The molecule has 1 N–H and O–H groups in total. The van der Waals surface area contributed by atoms with Gasteiger partial charge in [0.15, 0.2) is 5.82 Å². The number of hydrogen-bond donors (Lipinski definition) is 1. The predicted octanol–water partition coefficient (Wildman–Crippen LogP) is 3.46. The topological polar surface area (TPSA) is 106 Å². The first-order chi connectivity index (χ1) is 17.0. The highest BCUT2D eigenvalue weighted by molar-refractivity contribution is 6.21. The van der Waals surface area contributed by atoms with E-state index in [-0.39, 0.29) is 29.2 Å². The molecule has 35 heavy (non-hydrogen) atoms. The number of nitrogens with zero attached hydrogens (tertiary/aromatic N) is 4. The normalized spacial score (nSPS) is 12.6. The number of fused-ring (bicyclic) bond motifs is 1. The third-order valence-corrected chi connectivity index (χ3v) is 5.60. The van der Waals surface area contributed by atoms with Crippen molar-refractivity contribution < 1.29 is 23.5 Å². The van der Waals surface area contributed by atoms with Crippen LogP contribution >= 0.6 is 0 Å². The lowest BCUT2D eigenvalue weighted by Crippen LogP contribution is -2.29. The van der Waals surface area contributed by atoms with Gasteiger partial charge in [-0.2, -0.15) is 5.10 Å². The Morgan fingerprint density at radius 1 is 1.03 bits per heavy atom. The highest BCUT2D eigenvalue weighted by Crippen LogP contribution is 2.27. The molecular formula is C25H18FN5O4. The first-order valence-electron chi connectivity index (χ1n) is 10.5. The SMILES string of the molecule is COc1ccc(CN2C(=O)c3ccccc3C2=O)cc1C(=O)Nc1ccc(-n2cncn2)c(F)c1. The Balaban J connectivity index is 1.37. The van der Waals surface area contributed by atoms with Gasteiger partial charge in [0.1, 0.15) is 24.1 Å². The van der Waals surface area contributed by atoms with E-state index in [1.807, 2.05) is 0 Å². The molecule has 1 aromatic heterocycles. The van der Waals surface area contributed by atoms with Gasteiger partial charge in [0.2, 0.25) is 0 Å². The van der Waals surface area contributed by atoms with Crippen molar-refractivity contribution in [1.29, 1.82) is 0 Å². The molecule has 4 aromatic rings. The Kier molecular flexibility index (Phi) is 5.54. The molecule has 2 heterocycles. The van der Waals surface area contributed by atoms with Gasteiger partial charge in [0.05, 0.1) is 30.3 Å². The van der Waals surface area contributed by atoms with E-state index in [4.69, 9.17) is 4.74 Å². The Morgan fingerprint density at radius 3 is 2.40 bits per heavy atom. The number of aromatic nitrogens is 3. The van der Waals surface area contributed by atoms with E-state index in [0.29, 0.717) is 16.7 Å². The summed E-state index contributed by atoms with van der Waals surface area (Å²) in [7, 11) is 1.42. The molecule has 1 aliphatic heterocycles. The number of rotatable bonds is 6. The predicted molar refractivity (Wildman–Crippen MR) is 123 cm³/mol. The van der Waals surface area contributed by atoms with E-state index in [2.05, 4.69) is 15.4 Å². The first kappa shape index (κ1) is 22.0. The van der Waals surface area contributed by atoms with E-state index >= 15 is 0 Å². The van der Waals surface area contributed by atoms with Gasteiger partial charge in [-0.05, 0) is 48.0 Å². The summed E-state index contributed by atoms with van der Waals surface area (Å²) in [5.74, 6) is -1.64. The van der Waals surface area contributed by atoms with Gasteiger partial charge in [-0.15, -0.1) is 0 Å². The van der Waals surface area contributed by atoms with Crippen molar-refractivity contribution in [2.24, 2.45) is 0 Å². The standard InChI is InChI=1S/C25H18FN5O4/c1-35-22-9-6-15(12-30-24(33)17-4-2-3-5-18(17)25(30)34)10-19(22)23(32)29-16-7-8-21(20(26)11-16)31-14-27-13-28-31/h2-11,13-14H,12H2,1H3,(H,29,32). The summed E-state index contributed by atoms with van der Waals surface area (Å²) in [6, 6.07) is 15.6. The summed E-state index contributed by atoms with van der Waals surface area (Å²) >= 11 is 0. The third kappa shape index (κ3) is 4.01. The number of halogens is 1. The number of carbonyl (C=O) groups excluding carboxylic acids is 3. The van der Waals surface area contributed by atoms with Crippen molar-refractivity contribution in [2.45, 2.75) is 6.54 Å². The molecule has 0 saturated carbocycles. The smallest absolute Gasteiger partial charge is 0.261 e. The Labute approximate surface area is 198 Å². The van der Waals surface area contributed by atoms with E-state index in [0.717, 1.165) is 4.90 Å². The number of anilines is 1. The maximum absolute atomic E-state index is 14.6. The summed E-state index contributed by atoms with van der Waals surface area (Å²) < 4.78 is 21.1. The summed E-state index contributed by atoms with van der Waals surface area (Å²) in [6.45, 7) is -0.0160. The number of amides is 3. The number of methoxy groups -OCH3 is 1. The van der Waals surface area contributed by atoms with Crippen LogP contribution in [0.3, 0.4) is 0 Å². The lowest BCUT2D eigenvalue weighted by atomic mass is 10.1. The van der Waals surface area contributed by atoms with Crippen LogP contribution in [-0.4, -0.2) is 44.5 Å². The molecular weight excluding hydrogens is 453 g/mol. The number of nitrogens with one attached hydrogen (secondary N) is 1. The van der Waals surface area contributed by atoms with Gasteiger partial charge < -0.3 is 10.1 Å². The zero-order chi connectivity index (χ0) is 24.5. The fraction of sp³-hybridized carbons (Fsp3) is 0.0800. The van der Waals surface area contributed by atoms with Crippen molar-refractivity contribution >= 4 is 23.4 Å². The van der Waals surface area contributed by atoms with Crippen LogP contribution in [0.4, 0.5) is 10.1 Å². The molecule has 0 saturated heterocycles. The highest BCUT2D eigenvalue weighted by atomic mass is 19.1. The maximum Gasteiger partial charge on any atom is 0.261 e. The maximum atomic E-state index is 14.6. The van der Waals surface area contributed by atoms with Crippen LogP contribution in [0.25, 0.3) is 5.69 Å². The van der Waals surface area contributed by atoms with Crippen LogP contribution in [-0.2, 0) is 6.54 Å². The first-order valence-corrected chi connectivity index (χ1v) is 10.5. The summed E-state index contributed by atoms with van der Waals surface area (Å²) in [5.41, 5.74) is 1.83. The average Bonchev–Trinajstić information content (AvgIpc) is 3.48. The van der Waals surface area contributed by atoms with Gasteiger partial charge in [0.25, 0.3) is 17.7 Å². The summed E-state index contributed by atoms with van der Waals surface area (Å²) in [4.78, 5) is 43.3. The molecule has 0 bridgehead atoms. The van der Waals surface area contributed by atoms with Gasteiger partial charge in [0, 0.05) is 5.69 Å². The third-order valence-electron chi connectivity index (χ3n) is 5.60. The Bertz CT molecular complexity index is 1430. The molecule has 3 aromatic carbocycles. The minimum absolute atomic E-state index is 0.0160. The number of benzene rings is 3. The molecule has 0 spiro atoms. The fourth-order valence-electron chi connectivity index (χ4n) is 3.90. The number of carbonyl (C=O) groups is 3. The van der Waals surface area contributed by atoms with E-state index in [1.54, 1.807) is 36.4 Å². The van der Waals surface area contributed by atoms with Crippen molar-refractivity contribution in [3.63, 3.8) is 0 Å². The fourth-order valence-corrected chi connectivity index (χ4v) is 3.90. The molecule has 174 valence electrons. The molecule has 10 heteroatoms. The van der Waals surface area contributed by atoms with Crippen molar-refractivity contribution in [3.8, 4) is 11.4 Å². The van der Waals surface area contributed by atoms with Crippen LogP contribution in [0.5, 0.6) is 5.75 Å². The van der Waals surface area contributed by atoms with E-state index in [1.165, 1.54) is 48.7 Å². The molecule has 0 unspecified atom stereocenters. The number of hydrogen-bond acceptors (Lipinski definition) is 6. The average molecular weight is 471 g/mol. The number of imide groups is 1. The quantitative estimate of drug-likeness (QED) is 0.432. The van der Waals surface area contributed by atoms with Crippen molar-refractivity contribution in [1.82, 2.24) is 19.7 Å². The monoisotopic (exact) mass is 471 g/mol. The molecule has 0 atom stereocenters. The Morgan fingerprint density at radius 2 is 1.77 bits per heavy atom. The van der Waals surface area contributed by atoms with Crippen LogP contribution in [0.1, 0.15) is 36.6 Å². The Hall–Kier alpha value is -4.86. The zero-order valence-electron chi connectivity index (χ0n) is 18.4. The molecule has 5 rings (SSSR count). The minimum Gasteiger partial charge on any atom is -0.496 e. The lowest BCUT2D eigenvalue weighted by molar-refractivity contribution is 0.0642. The van der Waals surface area contributed by atoms with E-state index in [9.17, 15) is 18.8 Å². The van der Waals surface area contributed by atoms with Gasteiger partial charge >= 0.3 is 0 Å². The summed E-state index contributed by atoms with van der Waals surface area (Å²) in [5, 5.41) is 6.54.